The maximum atomic E-state index is 12.3. The number of ether oxygens (including phenoxy) is 2. The number of carbonyl (C=O) groups is 2. The van der Waals surface area contributed by atoms with Gasteiger partial charge in [0.15, 0.2) is 6.10 Å². The third-order valence-corrected chi connectivity index (χ3v) is 10.0. The average Bonchev–Trinajstić information content (AvgIpc) is 3.15. The number of esters is 2. The van der Waals surface area contributed by atoms with Gasteiger partial charge in [0.05, 0.1) is 27.6 Å². The predicted molar refractivity (Wildman–Crippen MR) is 214 cm³/mol. The monoisotopic (exact) mass is 841 g/mol. The van der Waals surface area contributed by atoms with Gasteiger partial charge >= 0.3 is 71.1 Å². The fraction of sp³-hybridized carbons (Fsp3) is 0.952. The zero-order valence-electron chi connectivity index (χ0n) is 36.7. The Labute approximate surface area is 387 Å². The summed E-state index contributed by atoms with van der Waals surface area (Å²) in [5.41, 5.74) is 0. The molecular formula is C42H83Na2O11P. The van der Waals surface area contributed by atoms with E-state index in [1.54, 1.807) is 0 Å². The van der Waals surface area contributed by atoms with Crippen molar-refractivity contribution in [2.24, 2.45) is 0 Å². The summed E-state index contributed by atoms with van der Waals surface area (Å²) in [7, 11) is -5.24. The Bertz CT molecular complexity index is 848. The Balaban J connectivity index is -0.00000155. The molecule has 1 unspecified atom stereocenters. The van der Waals surface area contributed by atoms with Crippen LogP contribution >= 0.6 is 7.82 Å². The van der Waals surface area contributed by atoms with Crippen molar-refractivity contribution in [2.75, 3.05) is 26.4 Å². The number of hydrogen-bond donors (Lipinski definition) is 3. The molecule has 56 heavy (non-hydrogen) atoms. The van der Waals surface area contributed by atoms with E-state index in [-0.39, 0.29) is 91.8 Å². The molecule has 0 spiro atoms. The van der Waals surface area contributed by atoms with E-state index >= 15 is 0 Å². The van der Waals surface area contributed by atoms with E-state index in [4.69, 9.17) is 24.8 Å². The summed E-state index contributed by atoms with van der Waals surface area (Å²) in [6.07, 6.45) is 35.4. The summed E-state index contributed by atoms with van der Waals surface area (Å²) >= 11 is 0. The largest absolute Gasteiger partial charge is 1.00 e. The van der Waals surface area contributed by atoms with Crippen LogP contribution < -0.4 is 68.9 Å². The minimum absolute atomic E-state index is 0. The molecule has 0 rings (SSSR count). The molecule has 1 atom stereocenters. The molecule has 0 saturated carbocycles. The smallest absolute Gasteiger partial charge is 0.790 e. The average molecular weight is 841 g/mol. The zero-order chi connectivity index (χ0) is 40.4. The molecule has 0 radical (unpaired) electrons. The topological polar surface area (TPSA) is 186 Å². The van der Waals surface area contributed by atoms with E-state index in [0.29, 0.717) is 12.8 Å². The molecule has 0 fully saturated rings. The molecule has 0 amide bonds. The van der Waals surface area contributed by atoms with Crippen molar-refractivity contribution in [3.8, 4) is 0 Å². The van der Waals surface area contributed by atoms with Gasteiger partial charge in [-0.1, -0.05) is 194 Å². The van der Waals surface area contributed by atoms with E-state index < -0.39 is 38.6 Å². The molecule has 0 aromatic rings. The van der Waals surface area contributed by atoms with Gasteiger partial charge in [-0.05, 0) is 12.8 Å². The molecule has 0 saturated heterocycles. The summed E-state index contributed by atoms with van der Waals surface area (Å²) in [5.74, 6) is -0.941. The van der Waals surface area contributed by atoms with Gasteiger partial charge in [-0.25, -0.2) is 0 Å². The predicted octanol–water partition coefficient (Wildman–Crippen LogP) is 3.15. The van der Waals surface area contributed by atoms with Crippen LogP contribution in [0.15, 0.2) is 0 Å². The summed E-state index contributed by atoms with van der Waals surface area (Å²) in [5, 5.41) is 24.0. The fourth-order valence-electron chi connectivity index (χ4n) is 6.13. The molecule has 11 nitrogen and oxygen atoms in total. The van der Waals surface area contributed by atoms with Crippen molar-refractivity contribution in [1.82, 2.24) is 0 Å². The standard InChI is InChI=1S/C39H77O8P.C3H8O3.2Na/c1-3-5-7-9-11-13-15-17-19-21-23-25-27-29-31-33-38(40)45-35-37(36-46-48(42,43)44)47-39(41)34-32-30-28-26-24-22-20-18-16-14-12-10-8-6-4-2;4-1-3(6)2-5;;/h37H,3-36H2,1-2H3,(H2,42,43,44);3-6H,1-2H2;;/q;;2*+1/p-2. The van der Waals surface area contributed by atoms with Crippen LogP contribution in [0.4, 0.5) is 0 Å². The number of phosphoric acid groups is 1. The number of aliphatic hydroxyl groups is 3. The normalized spacial score (nSPS) is 11.6. The van der Waals surface area contributed by atoms with E-state index in [0.717, 1.165) is 32.1 Å². The summed E-state index contributed by atoms with van der Waals surface area (Å²) in [4.78, 5) is 46.5. The molecule has 324 valence electrons. The fourth-order valence-corrected chi connectivity index (χ4v) is 6.48. The Morgan fingerprint density at radius 1 is 0.500 bits per heavy atom. The van der Waals surface area contributed by atoms with Gasteiger partial charge in [0.1, 0.15) is 12.7 Å². The van der Waals surface area contributed by atoms with Crippen molar-refractivity contribution in [3.05, 3.63) is 0 Å². The minimum Gasteiger partial charge on any atom is -0.790 e. The van der Waals surface area contributed by atoms with Gasteiger partial charge in [-0.3, -0.25) is 9.59 Å². The minimum atomic E-state index is -5.24. The summed E-state index contributed by atoms with van der Waals surface area (Å²) in [6.45, 7) is 2.79. The summed E-state index contributed by atoms with van der Waals surface area (Å²) in [6, 6.07) is 0. The first-order chi connectivity index (χ1) is 26.1. The van der Waals surface area contributed by atoms with Gasteiger partial charge < -0.3 is 43.7 Å². The number of phosphoric ester groups is 1. The van der Waals surface area contributed by atoms with E-state index in [1.165, 1.54) is 148 Å². The van der Waals surface area contributed by atoms with Crippen molar-refractivity contribution in [3.63, 3.8) is 0 Å². The van der Waals surface area contributed by atoms with Crippen molar-refractivity contribution >= 4 is 19.8 Å². The van der Waals surface area contributed by atoms with Gasteiger partial charge in [-0.15, -0.1) is 0 Å². The molecule has 0 aliphatic carbocycles. The first kappa shape index (κ1) is 63.6. The third-order valence-electron chi connectivity index (χ3n) is 9.54. The second-order valence-electron chi connectivity index (χ2n) is 15.0. The van der Waals surface area contributed by atoms with Crippen LogP contribution in [0.2, 0.25) is 0 Å². The Morgan fingerprint density at radius 2 is 0.786 bits per heavy atom. The first-order valence-corrected chi connectivity index (χ1v) is 23.5. The van der Waals surface area contributed by atoms with E-state index in [2.05, 4.69) is 18.4 Å². The Morgan fingerprint density at radius 3 is 1.05 bits per heavy atom. The molecular weight excluding hydrogens is 757 g/mol. The SMILES string of the molecule is CCCCCCCCCCCCCCCCCC(=O)OCC(COP(=O)([O-])[O-])OC(=O)CCCCCCCCCCCCCCCCC.OCC(O)CO.[Na+].[Na+]. The van der Waals surface area contributed by atoms with Gasteiger partial charge in [0.25, 0.3) is 0 Å². The van der Waals surface area contributed by atoms with Crippen molar-refractivity contribution < 1.29 is 112 Å². The first-order valence-electron chi connectivity index (χ1n) is 22.0. The quantitative estimate of drug-likeness (QED) is 0.0357. The molecule has 3 N–H and O–H groups in total. The van der Waals surface area contributed by atoms with Crippen LogP contribution in [0.25, 0.3) is 0 Å². The number of rotatable bonds is 40. The third kappa shape index (κ3) is 54.9. The number of unbranched alkanes of at least 4 members (excludes halogenated alkanes) is 28. The van der Waals surface area contributed by atoms with Crippen LogP contribution in [-0.4, -0.2) is 65.9 Å². The Kier molecular flexibility index (Phi) is 57.1. The van der Waals surface area contributed by atoms with Crippen LogP contribution in [0.3, 0.4) is 0 Å². The second-order valence-corrected chi connectivity index (χ2v) is 16.1. The molecule has 0 aromatic heterocycles. The van der Waals surface area contributed by atoms with Crippen LogP contribution in [0, 0.1) is 0 Å². The maximum absolute atomic E-state index is 12.3. The second kappa shape index (κ2) is 50.3. The number of aliphatic hydroxyl groups excluding tert-OH is 3. The molecule has 0 aliphatic rings. The van der Waals surface area contributed by atoms with Crippen molar-refractivity contribution in [1.29, 1.82) is 0 Å². The van der Waals surface area contributed by atoms with Crippen LogP contribution in [0.5, 0.6) is 0 Å². The van der Waals surface area contributed by atoms with Gasteiger partial charge in [0, 0.05) is 12.8 Å². The summed E-state index contributed by atoms with van der Waals surface area (Å²) < 4.78 is 25.8. The molecule has 0 aromatic carbocycles. The van der Waals surface area contributed by atoms with Crippen LogP contribution in [0.1, 0.15) is 219 Å². The Hall–Kier alpha value is 0.930. The van der Waals surface area contributed by atoms with E-state index in [1.807, 2.05) is 0 Å². The maximum Gasteiger partial charge on any atom is 1.00 e. The number of carbonyl (C=O) groups excluding carboxylic acids is 2. The molecule has 0 bridgehead atoms. The van der Waals surface area contributed by atoms with Crippen LogP contribution in [-0.2, 0) is 28.2 Å². The van der Waals surface area contributed by atoms with Gasteiger partial charge in [0.2, 0.25) is 0 Å². The van der Waals surface area contributed by atoms with E-state index in [9.17, 15) is 23.9 Å². The molecule has 14 heteroatoms. The number of hydrogen-bond acceptors (Lipinski definition) is 11. The molecule has 0 aliphatic heterocycles. The van der Waals surface area contributed by atoms with Gasteiger partial charge in [-0.2, -0.15) is 0 Å². The van der Waals surface area contributed by atoms with Crippen molar-refractivity contribution in [2.45, 2.75) is 232 Å². The molecule has 0 heterocycles. The zero-order valence-corrected chi connectivity index (χ0v) is 41.6.